The van der Waals surface area contributed by atoms with Crippen molar-refractivity contribution in [2.24, 2.45) is 11.8 Å². The number of piperidine rings is 1. The summed E-state index contributed by atoms with van der Waals surface area (Å²) in [6.07, 6.45) is 4.52. The third-order valence-electron chi connectivity index (χ3n) is 5.53. The highest BCUT2D eigenvalue weighted by Gasteiger charge is 2.36. The smallest absolute Gasteiger partial charge is 0.228 e. The lowest BCUT2D eigenvalue weighted by Gasteiger charge is -2.44. The van der Waals surface area contributed by atoms with Gasteiger partial charge in [0, 0.05) is 39.4 Å². The van der Waals surface area contributed by atoms with Crippen molar-refractivity contribution in [1.82, 2.24) is 25.2 Å². The van der Waals surface area contributed by atoms with Crippen molar-refractivity contribution in [2.75, 3.05) is 38.1 Å². The SMILES string of the molecule is CC1CCN(C(=O)C2CNC2)CC1N(C)c1ncnc2[nH]ccc12. The van der Waals surface area contributed by atoms with Crippen LogP contribution in [0.4, 0.5) is 5.82 Å². The number of nitrogens with zero attached hydrogens (tertiary/aromatic N) is 4. The Labute approximate surface area is 141 Å². The van der Waals surface area contributed by atoms with Crippen LogP contribution in [-0.4, -0.2) is 65.0 Å². The third kappa shape index (κ3) is 2.53. The van der Waals surface area contributed by atoms with Gasteiger partial charge in [-0.05, 0) is 18.4 Å². The van der Waals surface area contributed by atoms with E-state index in [0.29, 0.717) is 11.8 Å². The molecular formula is C17H24N6O. The van der Waals surface area contributed by atoms with Gasteiger partial charge in [-0.1, -0.05) is 6.92 Å². The predicted octanol–water partition coefficient (Wildman–Crippen LogP) is 0.851. The van der Waals surface area contributed by atoms with Gasteiger partial charge in [-0.15, -0.1) is 0 Å². The quantitative estimate of drug-likeness (QED) is 0.873. The number of rotatable bonds is 3. The van der Waals surface area contributed by atoms with Gasteiger partial charge >= 0.3 is 0 Å². The molecule has 2 aromatic heterocycles. The number of anilines is 1. The van der Waals surface area contributed by atoms with Gasteiger partial charge in [0.1, 0.15) is 17.8 Å². The summed E-state index contributed by atoms with van der Waals surface area (Å²) in [6, 6.07) is 2.28. The van der Waals surface area contributed by atoms with E-state index in [4.69, 9.17) is 0 Å². The van der Waals surface area contributed by atoms with Gasteiger partial charge in [-0.2, -0.15) is 0 Å². The fourth-order valence-corrected chi connectivity index (χ4v) is 3.77. The Morgan fingerprint density at radius 3 is 2.96 bits per heavy atom. The molecule has 0 spiro atoms. The van der Waals surface area contributed by atoms with Crippen LogP contribution in [0.15, 0.2) is 18.6 Å². The van der Waals surface area contributed by atoms with E-state index in [-0.39, 0.29) is 12.0 Å². The van der Waals surface area contributed by atoms with Gasteiger partial charge in [0.05, 0.1) is 17.3 Å². The first-order valence-electron chi connectivity index (χ1n) is 8.65. The fraction of sp³-hybridized carbons (Fsp3) is 0.588. The van der Waals surface area contributed by atoms with E-state index in [2.05, 4.69) is 39.1 Å². The molecule has 4 heterocycles. The minimum Gasteiger partial charge on any atom is -0.354 e. The lowest BCUT2D eigenvalue weighted by Crippen LogP contribution is -2.58. The Bertz CT molecular complexity index is 740. The zero-order valence-electron chi connectivity index (χ0n) is 14.2. The molecule has 0 bridgehead atoms. The van der Waals surface area contributed by atoms with E-state index >= 15 is 0 Å². The van der Waals surface area contributed by atoms with Crippen molar-refractivity contribution < 1.29 is 4.79 Å². The summed E-state index contributed by atoms with van der Waals surface area (Å²) in [5.41, 5.74) is 0.851. The van der Waals surface area contributed by atoms with Crippen molar-refractivity contribution in [3.8, 4) is 0 Å². The molecule has 1 amide bonds. The zero-order valence-corrected chi connectivity index (χ0v) is 14.2. The number of hydrogen-bond donors (Lipinski definition) is 2. The molecule has 128 valence electrons. The molecule has 2 atom stereocenters. The van der Waals surface area contributed by atoms with Gasteiger partial charge in [-0.3, -0.25) is 4.79 Å². The molecule has 0 radical (unpaired) electrons. The van der Waals surface area contributed by atoms with E-state index in [9.17, 15) is 4.79 Å². The summed E-state index contributed by atoms with van der Waals surface area (Å²) >= 11 is 0. The molecule has 0 aromatic carbocycles. The molecule has 2 aliphatic rings. The number of carbonyl (C=O) groups excluding carboxylic acids is 1. The van der Waals surface area contributed by atoms with Crippen LogP contribution in [-0.2, 0) is 4.79 Å². The van der Waals surface area contributed by atoms with Crippen LogP contribution in [0.5, 0.6) is 0 Å². The molecule has 2 aliphatic heterocycles. The average molecular weight is 328 g/mol. The third-order valence-corrected chi connectivity index (χ3v) is 5.53. The van der Waals surface area contributed by atoms with Crippen molar-refractivity contribution in [1.29, 1.82) is 0 Å². The Kier molecular flexibility index (Phi) is 3.88. The van der Waals surface area contributed by atoms with Crippen LogP contribution in [0.25, 0.3) is 11.0 Å². The zero-order chi connectivity index (χ0) is 16.7. The molecule has 2 aromatic rings. The van der Waals surface area contributed by atoms with Crippen molar-refractivity contribution in [3.05, 3.63) is 18.6 Å². The van der Waals surface area contributed by atoms with Gasteiger partial charge in [-0.25, -0.2) is 9.97 Å². The highest BCUT2D eigenvalue weighted by Crippen LogP contribution is 2.29. The van der Waals surface area contributed by atoms with Gasteiger partial charge in [0.25, 0.3) is 0 Å². The van der Waals surface area contributed by atoms with E-state index in [1.54, 1.807) is 6.33 Å². The minimum atomic E-state index is 0.166. The molecule has 7 heteroatoms. The summed E-state index contributed by atoms with van der Waals surface area (Å²) < 4.78 is 0. The van der Waals surface area contributed by atoms with Gasteiger partial charge in [0.2, 0.25) is 5.91 Å². The maximum absolute atomic E-state index is 12.6. The van der Waals surface area contributed by atoms with E-state index < -0.39 is 0 Å². The standard InChI is InChI=1S/C17H24N6O/c1-11-4-6-23(17(24)12-7-18-8-12)9-14(11)22(2)16-13-3-5-19-15(13)20-10-21-16/h3,5,10-12,14,18H,4,6-9H2,1-2H3,(H,19,20,21). The second kappa shape index (κ2) is 6.05. The molecule has 4 rings (SSSR count). The van der Waals surface area contributed by atoms with E-state index in [1.165, 1.54) is 0 Å². The number of aromatic nitrogens is 3. The van der Waals surface area contributed by atoms with Gasteiger partial charge < -0.3 is 20.1 Å². The summed E-state index contributed by atoms with van der Waals surface area (Å²) in [5.74, 6) is 1.91. The molecule has 0 saturated carbocycles. The monoisotopic (exact) mass is 328 g/mol. The first-order chi connectivity index (χ1) is 11.6. The highest BCUT2D eigenvalue weighted by atomic mass is 16.2. The largest absolute Gasteiger partial charge is 0.354 e. The average Bonchev–Trinajstić information content (AvgIpc) is 3.01. The van der Waals surface area contributed by atoms with Gasteiger partial charge in [0.15, 0.2) is 0 Å². The van der Waals surface area contributed by atoms with Crippen molar-refractivity contribution in [3.63, 3.8) is 0 Å². The highest BCUT2D eigenvalue weighted by molar-refractivity contribution is 5.87. The maximum atomic E-state index is 12.6. The molecule has 2 fully saturated rings. The predicted molar refractivity (Wildman–Crippen MR) is 92.8 cm³/mol. The van der Waals surface area contributed by atoms with Crippen LogP contribution in [0, 0.1) is 11.8 Å². The Morgan fingerprint density at radius 1 is 1.38 bits per heavy atom. The molecular weight excluding hydrogens is 304 g/mol. The number of nitrogens with one attached hydrogen (secondary N) is 2. The van der Waals surface area contributed by atoms with Crippen LogP contribution in [0.3, 0.4) is 0 Å². The lowest BCUT2D eigenvalue weighted by atomic mass is 9.90. The van der Waals surface area contributed by atoms with E-state index in [1.807, 2.05) is 17.2 Å². The number of fused-ring (bicyclic) bond motifs is 1. The first-order valence-corrected chi connectivity index (χ1v) is 8.65. The summed E-state index contributed by atoms with van der Waals surface area (Å²) in [7, 11) is 2.08. The molecule has 24 heavy (non-hydrogen) atoms. The first kappa shape index (κ1) is 15.4. The van der Waals surface area contributed by atoms with Crippen LogP contribution >= 0.6 is 0 Å². The number of likely N-dealkylation sites (N-methyl/N-ethyl adjacent to an activating group) is 1. The van der Waals surface area contributed by atoms with Crippen LogP contribution in [0.1, 0.15) is 13.3 Å². The van der Waals surface area contributed by atoms with Crippen LogP contribution in [0.2, 0.25) is 0 Å². The summed E-state index contributed by atoms with van der Waals surface area (Å²) in [4.78, 5) is 28.8. The number of likely N-dealkylation sites (tertiary alicyclic amines) is 1. The van der Waals surface area contributed by atoms with E-state index in [0.717, 1.165) is 49.5 Å². The number of H-pyrrole nitrogens is 1. The molecule has 2 unspecified atom stereocenters. The second-order valence-electron chi connectivity index (χ2n) is 7.02. The number of aromatic amines is 1. The fourth-order valence-electron chi connectivity index (χ4n) is 3.77. The number of carbonyl (C=O) groups is 1. The molecule has 2 N–H and O–H groups in total. The molecule has 0 aliphatic carbocycles. The maximum Gasteiger partial charge on any atom is 0.228 e. The van der Waals surface area contributed by atoms with Crippen molar-refractivity contribution >= 4 is 22.8 Å². The Balaban J connectivity index is 1.56. The molecule has 2 saturated heterocycles. The summed E-state index contributed by atoms with van der Waals surface area (Å²) in [6.45, 7) is 5.54. The topological polar surface area (TPSA) is 77.2 Å². The van der Waals surface area contributed by atoms with Crippen LogP contribution < -0.4 is 10.2 Å². The minimum absolute atomic E-state index is 0.166. The molecule has 7 nitrogen and oxygen atoms in total. The summed E-state index contributed by atoms with van der Waals surface area (Å²) in [5, 5.41) is 4.22. The normalized spacial score (nSPS) is 24.8. The lowest BCUT2D eigenvalue weighted by molar-refractivity contribution is -0.138. The Hall–Kier alpha value is -2.15. The number of hydrogen-bond acceptors (Lipinski definition) is 5. The Morgan fingerprint density at radius 2 is 2.21 bits per heavy atom. The number of amides is 1. The van der Waals surface area contributed by atoms with Crippen molar-refractivity contribution in [2.45, 2.75) is 19.4 Å². The second-order valence-corrected chi connectivity index (χ2v) is 7.02.